The van der Waals surface area contributed by atoms with Crippen LogP contribution in [0.2, 0.25) is 0 Å². The van der Waals surface area contributed by atoms with Crippen LogP contribution in [0.3, 0.4) is 0 Å². The van der Waals surface area contributed by atoms with Gasteiger partial charge in [0.25, 0.3) is 5.91 Å². The predicted octanol–water partition coefficient (Wildman–Crippen LogP) is 3.04. The molecular weight excluding hydrogens is 326 g/mol. The fraction of sp³-hybridized carbons (Fsp3) is 0.550. The van der Waals surface area contributed by atoms with Crippen molar-refractivity contribution in [1.29, 1.82) is 0 Å². The first-order valence-corrected chi connectivity index (χ1v) is 9.68. The lowest BCUT2D eigenvalue weighted by atomic mass is 9.96. The van der Waals surface area contributed by atoms with E-state index in [2.05, 4.69) is 22.3 Å². The van der Waals surface area contributed by atoms with Crippen molar-refractivity contribution in [2.45, 2.75) is 45.2 Å². The standard InChI is InChI=1S/C20H27N5O/c1-15(17-3-4-17)23-19-6-5-18(13-21-19)20(26)24-11-7-16(8-12-24)14-25-10-2-9-22-25/h2,5-6,9-10,13,15-17H,3-4,7-8,11-12,14H2,1H3,(H,21,23). The third kappa shape index (κ3) is 4.06. The molecular formula is C20H27N5O. The third-order valence-electron chi connectivity index (χ3n) is 5.62. The molecule has 1 unspecified atom stereocenters. The van der Waals surface area contributed by atoms with E-state index in [0.29, 0.717) is 17.5 Å². The van der Waals surface area contributed by atoms with Crippen LogP contribution in [0.15, 0.2) is 36.8 Å². The normalized spacial score (nSPS) is 19.3. The summed E-state index contributed by atoms with van der Waals surface area (Å²) in [6.07, 6.45) is 10.2. The first kappa shape index (κ1) is 17.1. The summed E-state index contributed by atoms with van der Waals surface area (Å²) in [7, 11) is 0. The number of nitrogens with one attached hydrogen (secondary N) is 1. The highest BCUT2D eigenvalue weighted by Crippen LogP contribution is 2.33. The average Bonchev–Trinajstić information content (AvgIpc) is 3.40. The lowest BCUT2D eigenvalue weighted by Gasteiger charge is -2.32. The number of hydrogen-bond acceptors (Lipinski definition) is 4. The van der Waals surface area contributed by atoms with Crippen molar-refractivity contribution in [3.05, 3.63) is 42.4 Å². The van der Waals surface area contributed by atoms with Crippen molar-refractivity contribution in [1.82, 2.24) is 19.7 Å². The zero-order chi connectivity index (χ0) is 17.9. The number of hydrogen-bond donors (Lipinski definition) is 1. The molecule has 2 aromatic heterocycles. The highest BCUT2D eigenvalue weighted by molar-refractivity contribution is 5.94. The van der Waals surface area contributed by atoms with Crippen LogP contribution in [-0.4, -0.2) is 44.7 Å². The van der Waals surface area contributed by atoms with E-state index in [1.807, 2.05) is 40.2 Å². The summed E-state index contributed by atoms with van der Waals surface area (Å²) in [5, 5.41) is 7.71. The number of carbonyl (C=O) groups is 1. The van der Waals surface area contributed by atoms with Crippen molar-refractivity contribution in [2.24, 2.45) is 11.8 Å². The maximum absolute atomic E-state index is 12.7. The molecule has 1 aliphatic heterocycles. The lowest BCUT2D eigenvalue weighted by Crippen LogP contribution is -2.39. The molecule has 2 fully saturated rings. The van der Waals surface area contributed by atoms with Gasteiger partial charge in [0.15, 0.2) is 0 Å². The molecule has 0 radical (unpaired) electrons. The Hall–Kier alpha value is -2.37. The Morgan fingerprint density at radius 2 is 2.08 bits per heavy atom. The minimum Gasteiger partial charge on any atom is -0.367 e. The van der Waals surface area contributed by atoms with Crippen molar-refractivity contribution < 1.29 is 4.79 Å². The molecule has 0 bridgehead atoms. The maximum atomic E-state index is 12.7. The molecule has 4 rings (SSSR count). The van der Waals surface area contributed by atoms with E-state index in [-0.39, 0.29) is 5.91 Å². The third-order valence-corrected chi connectivity index (χ3v) is 5.62. The van der Waals surface area contributed by atoms with Crippen molar-refractivity contribution in [3.63, 3.8) is 0 Å². The zero-order valence-electron chi connectivity index (χ0n) is 15.3. The number of amides is 1. The van der Waals surface area contributed by atoms with Crippen LogP contribution in [0.25, 0.3) is 0 Å². The van der Waals surface area contributed by atoms with Gasteiger partial charge in [0.2, 0.25) is 0 Å². The van der Waals surface area contributed by atoms with E-state index in [4.69, 9.17) is 0 Å². The Morgan fingerprint density at radius 1 is 1.27 bits per heavy atom. The second-order valence-electron chi connectivity index (χ2n) is 7.67. The van der Waals surface area contributed by atoms with Gasteiger partial charge in [-0.3, -0.25) is 9.48 Å². The summed E-state index contributed by atoms with van der Waals surface area (Å²) in [6.45, 7) is 4.76. The van der Waals surface area contributed by atoms with E-state index in [0.717, 1.165) is 44.2 Å². The molecule has 26 heavy (non-hydrogen) atoms. The van der Waals surface area contributed by atoms with Gasteiger partial charge in [-0.1, -0.05) is 0 Å². The molecule has 1 amide bonds. The predicted molar refractivity (Wildman–Crippen MR) is 101 cm³/mol. The zero-order valence-corrected chi connectivity index (χ0v) is 15.3. The topological polar surface area (TPSA) is 63.1 Å². The van der Waals surface area contributed by atoms with Crippen LogP contribution in [0.5, 0.6) is 0 Å². The Bertz CT molecular complexity index is 715. The van der Waals surface area contributed by atoms with Gasteiger partial charge >= 0.3 is 0 Å². The van der Waals surface area contributed by atoms with Gasteiger partial charge in [-0.2, -0.15) is 5.10 Å². The minimum atomic E-state index is 0.0943. The number of aromatic nitrogens is 3. The largest absolute Gasteiger partial charge is 0.367 e. The number of likely N-dealkylation sites (tertiary alicyclic amines) is 1. The Morgan fingerprint density at radius 3 is 2.69 bits per heavy atom. The minimum absolute atomic E-state index is 0.0943. The van der Waals surface area contributed by atoms with E-state index < -0.39 is 0 Å². The van der Waals surface area contributed by atoms with Gasteiger partial charge in [-0.15, -0.1) is 0 Å². The summed E-state index contributed by atoms with van der Waals surface area (Å²) in [5.41, 5.74) is 0.681. The summed E-state index contributed by atoms with van der Waals surface area (Å²) in [6, 6.07) is 6.23. The van der Waals surface area contributed by atoms with Crippen molar-refractivity contribution >= 4 is 11.7 Å². The van der Waals surface area contributed by atoms with Crippen molar-refractivity contribution in [3.8, 4) is 0 Å². The Balaban J connectivity index is 1.29. The maximum Gasteiger partial charge on any atom is 0.255 e. The van der Waals surface area contributed by atoms with E-state index >= 15 is 0 Å². The van der Waals surface area contributed by atoms with Gasteiger partial charge in [0.05, 0.1) is 5.56 Å². The van der Waals surface area contributed by atoms with Crippen LogP contribution < -0.4 is 5.32 Å². The molecule has 1 aliphatic carbocycles. The number of pyridine rings is 1. The van der Waals surface area contributed by atoms with Crippen molar-refractivity contribution in [2.75, 3.05) is 18.4 Å². The summed E-state index contributed by atoms with van der Waals surface area (Å²) < 4.78 is 1.99. The molecule has 2 aromatic rings. The molecule has 3 heterocycles. The lowest BCUT2D eigenvalue weighted by molar-refractivity contribution is 0.0681. The molecule has 2 aliphatic rings. The Labute approximate surface area is 154 Å². The molecule has 1 saturated carbocycles. The molecule has 6 heteroatoms. The summed E-state index contributed by atoms with van der Waals surface area (Å²) in [4.78, 5) is 19.1. The van der Waals surface area contributed by atoms with E-state index in [1.54, 1.807) is 6.20 Å². The quantitative estimate of drug-likeness (QED) is 0.867. The van der Waals surface area contributed by atoms with Gasteiger partial charge < -0.3 is 10.2 Å². The Kier molecular flexibility index (Phi) is 4.91. The molecule has 1 saturated heterocycles. The molecule has 138 valence electrons. The number of piperidine rings is 1. The van der Waals surface area contributed by atoms with Crippen LogP contribution in [0.1, 0.15) is 43.0 Å². The van der Waals surface area contributed by atoms with Gasteiger partial charge in [0, 0.05) is 44.3 Å². The molecule has 6 nitrogen and oxygen atoms in total. The van der Waals surface area contributed by atoms with Crippen LogP contribution >= 0.6 is 0 Å². The van der Waals surface area contributed by atoms with Crippen LogP contribution in [0.4, 0.5) is 5.82 Å². The van der Waals surface area contributed by atoms with E-state index in [1.165, 1.54) is 12.8 Å². The second-order valence-corrected chi connectivity index (χ2v) is 7.67. The van der Waals surface area contributed by atoms with Gasteiger partial charge in [-0.25, -0.2) is 4.98 Å². The number of nitrogens with zero attached hydrogens (tertiary/aromatic N) is 4. The van der Waals surface area contributed by atoms with Gasteiger partial charge in [-0.05, 0) is 62.6 Å². The fourth-order valence-corrected chi connectivity index (χ4v) is 3.73. The second kappa shape index (κ2) is 7.48. The number of anilines is 1. The van der Waals surface area contributed by atoms with Crippen LogP contribution in [-0.2, 0) is 6.54 Å². The number of carbonyl (C=O) groups excluding carboxylic acids is 1. The SMILES string of the molecule is CC(Nc1ccc(C(=O)N2CCC(Cn3cccn3)CC2)cn1)C1CC1. The van der Waals surface area contributed by atoms with Crippen LogP contribution in [0, 0.1) is 11.8 Å². The van der Waals surface area contributed by atoms with Gasteiger partial charge in [0.1, 0.15) is 5.82 Å². The highest BCUT2D eigenvalue weighted by Gasteiger charge is 2.28. The highest BCUT2D eigenvalue weighted by atomic mass is 16.2. The fourth-order valence-electron chi connectivity index (χ4n) is 3.73. The molecule has 0 aromatic carbocycles. The number of rotatable bonds is 6. The monoisotopic (exact) mass is 353 g/mol. The smallest absolute Gasteiger partial charge is 0.255 e. The average molecular weight is 353 g/mol. The summed E-state index contributed by atoms with van der Waals surface area (Å²) >= 11 is 0. The molecule has 1 atom stereocenters. The first-order valence-electron chi connectivity index (χ1n) is 9.68. The first-order chi connectivity index (χ1) is 12.7. The molecule has 1 N–H and O–H groups in total. The van der Waals surface area contributed by atoms with E-state index in [9.17, 15) is 4.79 Å². The molecule has 0 spiro atoms. The summed E-state index contributed by atoms with van der Waals surface area (Å²) in [5.74, 6) is 2.32.